The van der Waals surface area contributed by atoms with Crippen molar-refractivity contribution in [2.45, 2.75) is 0 Å². The van der Waals surface area contributed by atoms with Gasteiger partial charge >= 0.3 is 5.97 Å². The predicted molar refractivity (Wildman–Crippen MR) is 49.8 cm³/mol. The van der Waals surface area contributed by atoms with Crippen LogP contribution in [0.1, 0.15) is 5.56 Å². The molecule has 0 saturated carbocycles. The molecule has 1 aromatic rings. The number of nitrogens with zero attached hydrogens (tertiary/aromatic N) is 1. The third kappa shape index (κ3) is 2.87. The molecule has 0 aliphatic carbocycles. The predicted octanol–water partition coefficient (Wildman–Crippen LogP) is 1.99. The van der Waals surface area contributed by atoms with Gasteiger partial charge in [-0.1, -0.05) is 0 Å². The molecule has 0 saturated heterocycles. The molecule has 1 N–H and O–H groups in total. The summed E-state index contributed by atoms with van der Waals surface area (Å²) in [6.07, 6.45) is 0.784. The van der Waals surface area contributed by atoms with E-state index in [-0.39, 0.29) is 11.3 Å². The monoisotopic (exact) mass is 211 g/mol. The first-order valence-corrected chi connectivity index (χ1v) is 3.85. The SMILES string of the molecule is O=C(O)/C(F)=C/c1ccc([N+](=O)[O-])cc1. The van der Waals surface area contributed by atoms with E-state index < -0.39 is 16.7 Å². The Balaban J connectivity index is 2.95. The summed E-state index contributed by atoms with van der Waals surface area (Å²) in [5, 5.41) is 18.5. The second-order valence-corrected chi connectivity index (χ2v) is 2.65. The van der Waals surface area contributed by atoms with Gasteiger partial charge in [0.05, 0.1) is 4.92 Å². The van der Waals surface area contributed by atoms with Crippen molar-refractivity contribution in [3.05, 3.63) is 45.8 Å². The van der Waals surface area contributed by atoms with Crippen molar-refractivity contribution in [2.24, 2.45) is 0 Å². The van der Waals surface area contributed by atoms with Gasteiger partial charge in [-0.15, -0.1) is 0 Å². The maximum absolute atomic E-state index is 12.6. The number of rotatable bonds is 3. The maximum atomic E-state index is 12.6. The minimum Gasteiger partial charge on any atom is -0.476 e. The number of non-ortho nitro benzene ring substituents is 1. The van der Waals surface area contributed by atoms with Crippen molar-refractivity contribution in [1.29, 1.82) is 0 Å². The normalized spacial score (nSPS) is 11.1. The van der Waals surface area contributed by atoms with Gasteiger partial charge in [0, 0.05) is 12.1 Å². The summed E-state index contributed by atoms with van der Waals surface area (Å²) < 4.78 is 12.6. The molecule has 0 heterocycles. The number of halogens is 1. The van der Waals surface area contributed by atoms with Crippen LogP contribution in [0.3, 0.4) is 0 Å². The lowest BCUT2D eigenvalue weighted by atomic mass is 10.2. The fourth-order valence-electron chi connectivity index (χ4n) is 0.900. The van der Waals surface area contributed by atoms with Gasteiger partial charge in [0.1, 0.15) is 0 Å². The number of carboxylic acids is 1. The van der Waals surface area contributed by atoms with Crippen LogP contribution >= 0.6 is 0 Å². The van der Waals surface area contributed by atoms with Crippen molar-refractivity contribution >= 4 is 17.7 Å². The number of carbonyl (C=O) groups is 1. The Morgan fingerprint density at radius 3 is 2.33 bits per heavy atom. The summed E-state index contributed by atoms with van der Waals surface area (Å²) in [5.41, 5.74) is 0.114. The molecule has 0 bridgehead atoms. The third-order valence-electron chi connectivity index (χ3n) is 1.60. The fraction of sp³-hybridized carbons (Fsp3) is 0. The first kappa shape index (κ1) is 10.8. The highest BCUT2D eigenvalue weighted by Gasteiger charge is 2.06. The van der Waals surface area contributed by atoms with Crippen molar-refractivity contribution < 1.29 is 19.2 Å². The second kappa shape index (κ2) is 4.32. The van der Waals surface area contributed by atoms with Gasteiger partial charge in [0.15, 0.2) is 0 Å². The molecule has 0 fully saturated rings. The van der Waals surface area contributed by atoms with Crippen LogP contribution in [0, 0.1) is 10.1 Å². The number of nitro benzene ring substituents is 1. The van der Waals surface area contributed by atoms with Gasteiger partial charge in [-0.3, -0.25) is 10.1 Å². The maximum Gasteiger partial charge on any atom is 0.364 e. The molecule has 0 spiro atoms. The molecule has 6 heteroatoms. The minimum atomic E-state index is -1.67. The standard InChI is InChI=1S/C9H6FNO4/c10-8(9(12)13)5-6-1-3-7(4-2-6)11(14)15/h1-5H,(H,12,13)/b8-5-. The largest absolute Gasteiger partial charge is 0.476 e. The smallest absolute Gasteiger partial charge is 0.364 e. The Labute approximate surface area is 83.6 Å². The zero-order chi connectivity index (χ0) is 11.4. The molecule has 1 aromatic carbocycles. The Morgan fingerprint density at radius 1 is 1.40 bits per heavy atom. The van der Waals surface area contributed by atoms with Gasteiger partial charge in [-0.05, 0) is 23.8 Å². The van der Waals surface area contributed by atoms with Crippen molar-refractivity contribution in [3.63, 3.8) is 0 Å². The second-order valence-electron chi connectivity index (χ2n) is 2.65. The van der Waals surface area contributed by atoms with E-state index >= 15 is 0 Å². The lowest BCUT2D eigenvalue weighted by Crippen LogP contribution is -1.94. The molecule has 0 aromatic heterocycles. The molecule has 15 heavy (non-hydrogen) atoms. The third-order valence-corrected chi connectivity index (χ3v) is 1.60. The molecule has 1 rings (SSSR count). The lowest BCUT2D eigenvalue weighted by Gasteiger charge is -1.93. The number of aliphatic carboxylic acids is 1. The first-order valence-electron chi connectivity index (χ1n) is 3.85. The van der Waals surface area contributed by atoms with Crippen LogP contribution in [0.5, 0.6) is 0 Å². The molecule has 0 radical (unpaired) electrons. The molecular formula is C9H6FNO4. The van der Waals surface area contributed by atoms with Crippen LogP contribution < -0.4 is 0 Å². The van der Waals surface area contributed by atoms with E-state index in [1.807, 2.05) is 0 Å². The summed E-state index contributed by atoms with van der Waals surface area (Å²) >= 11 is 0. The van der Waals surface area contributed by atoms with Crippen molar-refractivity contribution in [2.75, 3.05) is 0 Å². The number of hydrogen-bond acceptors (Lipinski definition) is 3. The molecule has 0 atom stereocenters. The van der Waals surface area contributed by atoms with E-state index in [9.17, 15) is 19.3 Å². The Bertz CT molecular complexity index is 424. The van der Waals surface area contributed by atoms with E-state index in [0.717, 1.165) is 6.08 Å². The molecule has 0 aliphatic rings. The summed E-state index contributed by atoms with van der Waals surface area (Å²) in [7, 11) is 0. The highest BCUT2D eigenvalue weighted by molar-refractivity contribution is 5.89. The van der Waals surface area contributed by atoms with Crippen LogP contribution in [-0.2, 0) is 4.79 Å². The first-order chi connectivity index (χ1) is 7.00. The number of nitro groups is 1. The highest BCUT2D eigenvalue weighted by Crippen LogP contribution is 2.14. The van der Waals surface area contributed by atoms with Gasteiger partial charge in [0.2, 0.25) is 5.83 Å². The molecule has 0 amide bonds. The minimum absolute atomic E-state index is 0.136. The number of hydrogen-bond donors (Lipinski definition) is 1. The number of carboxylic acid groups (broad SMARTS) is 1. The van der Waals surface area contributed by atoms with Gasteiger partial charge in [-0.2, -0.15) is 4.39 Å². The zero-order valence-electron chi connectivity index (χ0n) is 7.38. The molecule has 0 aliphatic heterocycles. The Kier molecular flexibility index (Phi) is 3.12. The van der Waals surface area contributed by atoms with Crippen LogP contribution in [0.4, 0.5) is 10.1 Å². The van der Waals surface area contributed by atoms with Crippen molar-refractivity contribution in [3.8, 4) is 0 Å². The summed E-state index contributed by atoms with van der Waals surface area (Å²) in [4.78, 5) is 19.8. The highest BCUT2D eigenvalue weighted by atomic mass is 19.1. The van der Waals surface area contributed by atoms with Crippen molar-refractivity contribution in [1.82, 2.24) is 0 Å². The summed E-state index contributed by atoms with van der Waals surface area (Å²) in [6.45, 7) is 0. The van der Waals surface area contributed by atoms with E-state index in [2.05, 4.69) is 0 Å². The Morgan fingerprint density at radius 2 is 1.93 bits per heavy atom. The number of benzene rings is 1. The quantitative estimate of drug-likeness (QED) is 0.471. The van der Waals surface area contributed by atoms with E-state index in [4.69, 9.17) is 5.11 Å². The summed E-state index contributed by atoms with van der Waals surface area (Å²) in [5.74, 6) is -2.99. The van der Waals surface area contributed by atoms with E-state index in [0.29, 0.717) is 0 Å². The van der Waals surface area contributed by atoms with Gasteiger partial charge in [-0.25, -0.2) is 4.79 Å². The van der Waals surface area contributed by atoms with E-state index in [1.54, 1.807) is 0 Å². The van der Waals surface area contributed by atoms with Crippen LogP contribution in [0.25, 0.3) is 6.08 Å². The van der Waals surface area contributed by atoms with Gasteiger partial charge in [0.25, 0.3) is 5.69 Å². The van der Waals surface area contributed by atoms with Crippen LogP contribution in [0.2, 0.25) is 0 Å². The fourth-order valence-corrected chi connectivity index (χ4v) is 0.900. The van der Waals surface area contributed by atoms with E-state index in [1.165, 1.54) is 24.3 Å². The van der Waals surface area contributed by atoms with Crippen LogP contribution in [0.15, 0.2) is 30.1 Å². The zero-order valence-corrected chi connectivity index (χ0v) is 7.38. The topological polar surface area (TPSA) is 80.4 Å². The molecular weight excluding hydrogens is 205 g/mol. The lowest BCUT2D eigenvalue weighted by molar-refractivity contribution is -0.384. The molecule has 0 unspecified atom stereocenters. The van der Waals surface area contributed by atoms with Gasteiger partial charge < -0.3 is 5.11 Å². The molecule has 5 nitrogen and oxygen atoms in total. The summed E-state index contributed by atoms with van der Waals surface area (Å²) in [6, 6.07) is 4.86. The average molecular weight is 211 g/mol. The molecule has 78 valence electrons. The van der Waals surface area contributed by atoms with Crippen LogP contribution in [-0.4, -0.2) is 16.0 Å². The Hall–Kier alpha value is -2.24. The average Bonchev–Trinajstić information content (AvgIpc) is 2.18.